The van der Waals surface area contributed by atoms with Crippen molar-refractivity contribution in [2.75, 3.05) is 0 Å². The maximum atomic E-state index is 12.5. The van der Waals surface area contributed by atoms with Crippen molar-refractivity contribution in [3.63, 3.8) is 0 Å². The van der Waals surface area contributed by atoms with E-state index in [2.05, 4.69) is 5.32 Å². The summed E-state index contributed by atoms with van der Waals surface area (Å²) in [6, 6.07) is 6.21. The fourth-order valence-electron chi connectivity index (χ4n) is 2.83. The highest BCUT2D eigenvalue weighted by Crippen LogP contribution is 2.31. The summed E-state index contributed by atoms with van der Waals surface area (Å²) in [5.74, 6) is -1.72. The first-order valence-electron chi connectivity index (χ1n) is 7.70. The maximum absolute atomic E-state index is 12.5. The molecule has 0 spiro atoms. The fourth-order valence-corrected chi connectivity index (χ4v) is 2.83. The number of fused-ring (bicyclic) bond motifs is 1. The number of nitrogens with one attached hydrogen (secondary N) is 1. The highest BCUT2D eigenvalue weighted by Gasteiger charge is 2.32. The maximum Gasteiger partial charge on any atom is 0.326 e. The van der Waals surface area contributed by atoms with Crippen molar-refractivity contribution in [3.05, 3.63) is 35.4 Å². The van der Waals surface area contributed by atoms with E-state index in [0.29, 0.717) is 30.4 Å². The molecule has 1 aromatic carbocycles. The molecule has 0 radical (unpaired) electrons. The van der Waals surface area contributed by atoms with Crippen LogP contribution < -0.4 is 5.32 Å². The molecule has 2 unspecified atom stereocenters. The van der Waals surface area contributed by atoms with Gasteiger partial charge in [-0.1, -0.05) is 44.0 Å². The molecule has 1 amide bonds. The lowest BCUT2D eigenvalue weighted by atomic mass is 9.81. The van der Waals surface area contributed by atoms with Crippen molar-refractivity contribution < 1.29 is 19.5 Å². The van der Waals surface area contributed by atoms with E-state index in [4.69, 9.17) is 0 Å². The molecule has 118 valence electrons. The first-order chi connectivity index (χ1) is 10.5. The zero-order chi connectivity index (χ0) is 16.1. The van der Waals surface area contributed by atoms with Crippen LogP contribution in [0, 0.1) is 0 Å². The first kappa shape index (κ1) is 16.2. The average Bonchev–Trinajstić information content (AvgIpc) is 2.51. The number of amides is 1. The third-order valence-electron chi connectivity index (χ3n) is 4.07. The number of Topliss-reactive ketones (excluding diaryl/α,β-unsaturated/α-hetero) is 1. The molecule has 2 N–H and O–H groups in total. The number of carboxylic acids is 1. The van der Waals surface area contributed by atoms with E-state index >= 15 is 0 Å². The second-order valence-corrected chi connectivity index (χ2v) is 5.64. The van der Waals surface area contributed by atoms with Crippen molar-refractivity contribution >= 4 is 17.7 Å². The third kappa shape index (κ3) is 3.53. The van der Waals surface area contributed by atoms with Gasteiger partial charge in [0, 0.05) is 12.0 Å². The van der Waals surface area contributed by atoms with E-state index in [0.717, 1.165) is 12.8 Å². The topological polar surface area (TPSA) is 83.5 Å². The normalized spacial score (nSPS) is 18.4. The molecule has 1 aliphatic rings. The molecule has 0 aliphatic heterocycles. The van der Waals surface area contributed by atoms with Crippen LogP contribution in [0.4, 0.5) is 0 Å². The molecule has 0 heterocycles. The Bertz CT molecular complexity index is 582. The quantitative estimate of drug-likeness (QED) is 0.845. The number of ketones is 1. The van der Waals surface area contributed by atoms with Crippen molar-refractivity contribution in [1.29, 1.82) is 0 Å². The fraction of sp³-hybridized carbons (Fsp3) is 0.471. The summed E-state index contributed by atoms with van der Waals surface area (Å²) in [5.41, 5.74) is 1.28. The van der Waals surface area contributed by atoms with Gasteiger partial charge in [0.05, 0.1) is 5.92 Å². The lowest BCUT2D eigenvalue weighted by Crippen LogP contribution is -2.43. The Morgan fingerprint density at radius 3 is 2.77 bits per heavy atom. The van der Waals surface area contributed by atoms with Crippen LogP contribution in [0.2, 0.25) is 0 Å². The van der Waals surface area contributed by atoms with Gasteiger partial charge in [0.25, 0.3) is 0 Å². The summed E-state index contributed by atoms with van der Waals surface area (Å²) in [4.78, 5) is 35.6. The molecule has 2 atom stereocenters. The molecule has 0 aromatic heterocycles. The van der Waals surface area contributed by atoms with Gasteiger partial charge < -0.3 is 10.4 Å². The van der Waals surface area contributed by atoms with Crippen LogP contribution in [-0.2, 0) is 9.59 Å². The average molecular weight is 303 g/mol. The number of carboxylic acid groups (broad SMARTS) is 1. The van der Waals surface area contributed by atoms with Crippen LogP contribution in [0.1, 0.15) is 60.9 Å². The Morgan fingerprint density at radius 1 is 1.36 bits per heavy atom. The van der Waals surface area contributed by atoms with Crippen LogP contribution in [0.15, 0.2) is 24.3 Å². The monoisotopic (exact) mass is 303 g/mol. The first-order valence-corrected chi connectivity index (χ1v) is 7.70. The van der Waals surface area contributed by atoms with E-state index in [1.807, 2.05) is 6.92 Å². The molecule has 0 saturated heterocycles. The molecule has 0 saturated carbocycles. The van der Waals surface area contributed by atoms with E-state index in [-0.39, 0.29) is 11.7 Å². The number of hydrogen-bond donors (Lipinski definition) is 2. The van der Waals surface area contributed by atoms with Crippen LogP contribution in [0.5, 0.6) is 0 Å². The number of hydrogen-bond acceptors (Lipinski definition) is 3. The molecule has 5 heteroatoms. The standard InChI is InChI=1S/C17H21NO4/c1-2-3-8-14(17(21)22)18-16(20)13-9-10-15(19)12-7-5-4-6-11(12)13/h4-7,13-14H,2-3,8-10H2,1H3,(H,18,20)(H,21,22). The Hall–Kier alpha value is -2.17. The number of carbonyl (C=O) groups excluding carboxylic acids is 2. The zero-order valence-electron chi connectivity index (χ0n) is 12.7. The van der Waals surface area contributed by atoms with Gasteiger partial charge in [-0.05, 0) is 18.4 Å². The summed E-state index contributed by atoms with van der Waals surface area (Å²) in [6.45, 7) is 1.98. The predicted octanol–water partition coefficient (Wildman–Crippen LogP) is 2.51. The molecule has 5 nitrogen and oxygen atoms in total. The largest absolute Gasteiger partial charge is 0.480 e. The second-order valence-electron chi connectivity index (χ2n) is 5.64. The molecule has 2 rings (SSSR count). The Kier molecular flexibility index (Phi) is 5.31. The van der Waals surface area contributed by atoms with Gasteiger partial charge in [0.15, 0.2) is 5.78 Å². The van der Waals surface area contributed by atoms with E-state index < -0.39 is 17.9 Å². The lowest BCUT2D eigenvalue weighted by Gasteiger charge is -2.25. The number of carbonyl (C=O) groups is 3. The van der Waals surface area contributed by atoms with Crippen molar-refractivity contribution in [2.45, 2.75) is 51.0 Å². The molecule has 0 bridgehead atoms. The van der Waals surface area contributed by atoms with Crippen LogP contribution in [0.3, 0.4) is 0 Å². The van der Waals surface area contributed by atoms with Crippen molar-refractivity contribution in [3.8, 4) is 0 Å². The van der Waals surface area contributed by atoms with Crippen LogP contribution >= 0.6 is 0 Å². The van der Waals surface area contributed by atoms with Gasteiger partial charge in [-0.15, -0.1) is 0 Å². The molecular formula is C17H21NO4. The number of unbranched alkanes of at least 4 members (excludes halogenated alkanes) is 1. The van der Waals surface area contributed by atoms with Gasteiger partial charge in [0.1, 0.15) is 6.04 Å². The highest BCUT2D eigenvalue weighted by atomic mass is 16.4. The number of aliphatic carboxylic acids is 1. The van der Waals surface area contributed by atoms with Gasteiger partial charge in [-0.3, -0.25) is 9.59 Å². The van der Waals surface area contributed by atoms with E-state index in [9.17, 15) is 19.5 Å². The summed E-state index contributed by atoms with van der Waals surface area (Å²) >= 11 is 0. The van der Waals surface area contributed by atoms with E-state index in [1.165, 1.54) is 0 Å². The Balaban J connectivity index is 2.14. The summed E-state index contributed by atoms with van der Waals surface area (Å²) in [6.07, 6.45) is 2.80. The molecule has 1 aromatic rings. The molecular weight excluding hydrogens is 282 g/mol. The number of rotatable bonds is 6. The van der Waals surface area contributed by atoms with Gasteiger partial charge >= 0.3 is 5.97 Å². The minimum Gasteiger partial charge on any atom is -0.480 e. The Labute approximate surface area is 129 Å². The number of benzene rings is 1. The zero-order valence-corrected chi connectivity index (χ0v) is 12.7. The van der Waals surface area contributed by atoms with Crippen LogP contribution in [0.25, 0.3) is 0 Å². The van der Waals surface area contributed by atoms with Crippen LogP contribution in [-0.4, -0.2) is 28.8 Å². The summed E-state index contributed by atoms with van der Waals surface area (Å²) in [5, 5.41) is 11.8. The molecule has 22 heavy (non-hydrogen) atoms. The van der Waals surface area contributed by atoms with Gasteiger partial charge in [0.2, 0.25) is 5.91 Å². The van der Waals surface area contributed by atoms with Crippen molar-refractivity contribution in [2.24, 2.45) is 0 Å². The lowest BCUT2D eigenvalue weighted by molar-refractivity contribution is -0.142. The second kappa shape index (κ2) is 7.20. The van der Waals surface area contributed by atoms with E-state index in [1.54, 1.807) is 24.3 Å². The predicted molar refractivity (Wildman–Crippen MR) is 81.8 cm³/mol. The smallest absolute Gasteiger partial charge is 0.326 e. The third-order valence-corrected chi connectivity index (χ3v) is 4.07. The minimum atomic E-state index is -1.01. The highest BCUT2D eigenvalue weighted by molar-refractivity contribution is 6.02. The Morgan fingerprint density at radius 2 is 2.09 bits per heavy atom. The molecule has 1 aliphatic carbocycles. The summed E-state index contributed by atoms with van der Waals surface area (Å²) in [7, 11) is 0. The van der Waals surface area contributed by atoms with Gasteiger partial charge in [-0.2, -0.15) is 0 Å². The minimum absolute atomic E-state index is 0.0421. The van der Waals surface area contributed by atoms with Gasteiger partial charge in [-0.25, -0.2) is 4.79 Å². The SMILES string of the molecule is CCCCC(NC(=O)C1CCC(=O)c2ccccc21)C(=O)O. The van der Waals surface area contributed by atoms with Crippen molar-refractivity contribution in [1.82, 2.24) is 5.32 Å². The molecule has 0 fully saturated rings. The summed E-state index contributed by atoms with van der Waals surface area (Å²) < 4.78 is 0.